The molecule has 0 saturated heterocycles. The molecule has 2 atom stereocenters. The number of nitriles is 1. The van der Waals surface area contributed by atoms with Gasteiger partial charge in [0.25, 0.3) is 0 Å². The molecule has 2 unspecified atom stereocenters. The lowest BCUT2D eigenvalue weighted by atomic mass is 10.0. The van der Waals surface area contributed by atoms with Gasteiger partial charge in [-0.1, -0.05) is 0 Å². The number of H-pyrrole nitrogens is 1. The van der Waals surface area contributed by atoms with Gasteiger partial charge in [0.2, 0.25) is 0 Å². The van der Waals surface area contributed by atoms with Gasteiger partial charge in [-0.05, 0) is 48.4 Å². The van der Waals surface area contributed by atoms with Gasteiger partial charge in [0.1, 0.15) is 6.29 Å². The lowest BCUT2D eigenvalue weighted by Crippen LogP contribution is -1.84. The second-order valence-electron chi connectivity index (χ2n) is 4.96. The zero-order valence-electron chi connectivity index (χ0n) is 10.0. The van der Waals surface area contributed by atoms with E-state index < -0.39 is 0 Å². The molecule has 18 heavy (non-hydrogen) atoms. The first kappa shape index (κ1) is 11.0. The summed E-state index contributed by atoms with van der Waals surface area (Å²) in [6.45, 7) is 0. The quantitative estimate of drug-likeness (QED) is 0.832. The van der Waals surface area contributed by atoms with Crippen LogP contribution in [0.1, 0.15) is 36.3 Å². The predicted molar refractivity (Wildman–Crippen MR) is 69.2 cm³/mol. The molecule has 1 aromatic heterocycles. The molecule has 1 aromatic carbocycles. The largest absolute Gasteiger partial charge is 0.361 e. The van der Waals surface area contributed by atoms with Gasteiger partial charge in [0, 0.05) is 23.5 Å². The normalized spacial score (nSPS) is 21.7. The lowest BCUT2D eigenvalue weighted by molar-refractivity contribution is -0.108. The molecule has 1 N–H and O–H groups in total. The Kier molecular flexibility index (Phi) is 2.64. The van der Waals surface area contributed by atoms with Crippen molar-refractivity contribution in [3.63, 3.8) is 0 Å². The summed E-state index contributed by atoms with van der Waals surface area (Å²) in [4.78, 5) is 13.6. The predicted octanol–water partition coefficient (Wildman–Crippen LogP) is 3.12. The smallest absolute Gasteiger partial charge is 0.120 e. The average Bonchev–Trinajstić information content (AvgIpc) is 3.05. The molecule has 1 aliphatic carbocycles. The average molecular weight is 238 g/mol. The van der Waals surface area contributed by atoms with E-state index in [9.17, 15) is 4.79 Å². The molecule has 3 rings (SSSR count). The van der Waals surface area contributed by atoms with Crippen LogP contribution in [0.5, 0.6) is 0 Å². The molecule has 2 aromatic rings. The lowest BCUT2D eigenvalue weighted by Gasteiger charge is -1.98. The van der Waals surface area contributed by atoms with Crippen molar-refractivity contribution in [1.82, 2.24) is 4.98 Å². The van der Waals surface area contributed by atoms with Crippen LogP contribution in [-0.4, -0.2) is 11.3 Å². The van der Waals surface area contributed by atoms with Crippen LogP contribution in [0, 0.1) is 17.2 Å². The number of aromatic nitrogens is 1. The van der Waals surface area contributed by atoms with Crippen LogP contribution >= 0.6 is 0 Å². The molecular weight excluding hydrogens is 224 g/mol. The van der Waals surface area contributed by atoms with E-state index in [1.165, 1.54) is 5.56 Å². The molecule has 1 fully saturated rings. The maximum absolute atomic E-state index is 10.4. The fourth-order valence-electron chi connectivity index (χ4n) is 2.75. The van der Waals surface area contributed by atoms with Crippen molar-refractivity contribution in [2.24, 2.45) is 5.92 Å². The molecule has 1 saturated carbocycles. The Balaban J connectivity index is 1.89. The first-order chi connectivity index (χ1) is 8.83. The minimum atomic E-state index is 0.563. The SMILES string of the molecule is N#Cc1ccc2[nH]cc(C3CC3CCC=O)c2c1. The molecule has 0 aliphatic heterocycles. The van der Waals surface area contributed by atoms with Gasteiger partial charge in [-0.25, -0.2) is 0 Å². The minimum absolute atomic E-state index is 0.563. The van der Waals surface area contributed by atoms with Gasteiger partial charge in [-0.15, -0.1) is 0 Å². The Bertz CT molecular complexity index is 635. The van der Waals surface area contributed by atoms with E-state index in [-0.39, 0.29) is 0 Å². The van der Waals surface area contributed by atoms with Crippen molar-refractivity contribution in [2.75, 3.05) is 0 Å². The zero-order chi connectivity index (χ0) is 12.5. The van der Waals surface area contributed by atoms with Crippen molar-refractivity contribution < 1.29 is 4.79 Å². The monoisotopic (exact) mass is 238 g/mol. The van der Waals surface area contributed by atoms with Crippen LogP contribution in [-0.2, 0) is 4.79 Å². The van der Waals surface area contributed by atoms with Gasteiger partial charge < -0.3 is 9.78 Å². The van der Waals surface area contributed by atoms with Crippen LogP contribution in [0.4, 0.5) is 0 Å². The van der Waals surface area contributed by atoms with Crippen molar-refractivity contribution in [2.45, 2.75) is 25.2 Å². The number of rotatable bonds is 4. The summed E-state index contributed by atoms with van der Waals surface area (Å²) in [5.41, 5.74) is 3.09. The third-order valence-corrected chi connectivity index (χ3v) is 3.82. The highest BCUT2D eigenvalue weighted by Gasteiger charge is 2.38. The summed E-state index contributed by atoms with van der Waals surface area (Å²) < 4.78 is 0. The molecule has 0 amide bonds. The van der Waals surface area contributed by atoms with Crippen LogP contribution in [0.3, 0.4) is 0 Å². The second-order valence-corrected chi connectivity index (χ2v) is 4.96. The number of carbonyl (C=O) groups is 1. The summed E-state index contributed by atoms with van der Waals surface area (Å²) in [5.74, 6) is 1.20. The molecule has 3 heteroatoms. The van der Waals surface area contributed by atoms with Gasteiger partial charge in [-0.3, -0.25) is 0 Å². The highest BCUT2D eigenvalue weighted by atomic mass is 16.1. The number of hydrogen-bond acceptors (Lipinski definition) is 2. The van der Waals surface area contributed by atoms with Gasteiger partial charge >= 0.3 is 0 Å². The third-order valence-electron chi connectivity index (χ3n) is 3.82. The molecule has 0 bridgehead atoms. The summed E-state index contributed by atoms with van der Waals surface area (Å²) in [6, 6.07) is 7.93. The fraction of sp³-hybridized carbons (Fsp3) is 0.333. The Morgan fingerprint density at radius 2 is 2.39 bits per heavy atom. The van der Waals surface area contributed by atoms with E-state index in [1.54, 1.807) is 0 Å². The number of hydrogen-bond donors (Lipinski definition) is 1. The molecular formula is C15H14N2O. The molecule has 90 valence electrons. The zero-order valence-corrected chi connectivity index (χ0v) is 10.0. The number of aromatic amines is 1. The fourth-order valence-corrected chi connectivity index (χ4v) is 2.75. The second kappa shape index (κ2) is 4.30. The summed E-state index contributed by atoms with van der Waals surface area (Å²) >= 11 is 0. The number of nitrogens with zero attached hydrogens (tertiary/aromatic N) is 1. The Morgan fingerprint density at radius 1 is 1.50 bits per heavy atom. The number of fused-ring (bicyclic) bond motifs is 1. The summed E-state index contributed by atoms with van der Waals surface area (Å²) in [7, 11) is 0. The number of nitrogens with one attached hydrogen (secondary N) is 1. The molecule has 0 spiro atoms. The molecule has 3 nitrogen and oxygen atoms in total. The van der Waals surface area contributed by atoms with Gasteiger partial charge in [-0.2, -0.15) is 5.26 Å². The van der Waals surface area contributed by atoms with E-state index in [0.717, 1.165) is 30.0 Å². The first-order valence-electron chi connectivity index (χ1n) is 6.28. The maximum Gasteiger partial charge on any atom is 0.120 e. The van der Waals surface area contributed by atoms with E-state index in [0.29, 0.717) is 23.8 Å². The van der Waals surface area contributed by atoms with Crippen LogP contribution in [0.15, 0.2) is 24.4 Å². The van der Waals surface area contributed by atoms with Crippen molar-refractivity contribution in [1.29, 1.82) is 5.26 Å². The van der Waals surface area contributed by atoms with E-state index in [2.05, 4.69) is 17.3 Å². The Labute approximate surface area is 105 Å². The highest BCUT2D eigenvalue weighted by molar-refractivity contribution is 5.85. The summed E-state index contributed by atoms with van der Waals surface area (Å²) in [6.07, 6.45) is 5.86. The van der Waals surface area contributed by atoms with E-state index in [1.807, 2.05) is 18.2 Å². The first-order valence-corrected chi connectivity index (χ1v) is 6.28. The Morgan fingerprint density at radius 3 is 3.17 bits per heavy atom. The Hall–Kier alpha value is -2.08. The van der Waals surface area contributed by atoms with Crippen molar-refractivity contribution in [3.05, 3.63) is 35.5 Å². The van der Waals surface area contributed by atoms with Gasteiger partial charge in [0.05, 0.1) is 11.6 Å². The van der Waals surface area contributed by atoms with Crippen LogP contribution < -0.4 is 0 Å². The maximum atomic E-state index is 10.4. The van der Waals surface area contributed by atoms with Crippen LogP contribution in [0.25, 0.3) is 10.9 Å². The van der Waals surface area contributed by atoms with E-state index >= 15 is 0 Å². The molecule has 1 aliphatic rings. The van der Waals surface area contributed by atoms with Crippen LogP contribution in [0.2, 0.25) is 0 Å². The molecule has 0 radical (unpaired) electrons. The van der Waals surface area contributed by atoms with Crippen molar-refractivity contribution >= 4 is 17.2 Å². The van der Waals surface area contributed by atoms with Crippen molar-refractivity contribution in [3.8, 4) is 6.07 Å². The number of aldehydes is 1. The number of carbonyl (C=O) groups excluding carboxylic acids is 1. The third kappa shape index (κ3) is 1.80. The topological polar surface area (TPSA) is 56.6 Å². The standard InChI is InChI=1S/C15H14N2O/c16-8-10-3-4-15-13(6-10)14(9-17-15)12-7-11(12)2-1-5-18/h3-6,9,11-12,17H,1-2,7H2. The van der Waals surface area contributed by atoms with Gasteiger partial charge in [0.15, 0.2) is 0 Å². The van der Waals surface area contributed by atoms with E-state index in [4.69, 9.17) is 5.26 Å². The minimum Gasteiger partial charge on any atom is -0.361 e. The highest BCUT2D eigenvalue weighted by Crippen LogP contribution is 2.51. The molecule has 1 heterocycles. The number of benzene rings is 1. The summed E-state index contributed by atoms with van der Waals surface area (Å²) in [5, 5.41) is 10.1.